The Balaban J connectivity index is 1.34. The highest BCUT2D eigenvalue weighted by atomic mass is 35.5. The summed E-state index contributed by atoms with van der Waals surface area (Å²) in [6, 6.07) is 13.3. The number of rotatable bonds is 7. The SMILES string of the molecule is O=C(CCNc1ccc2c(c1)OCO2)NCCc1ccc(Cl)cc1. The normalized spacial score (nSPS) is 12.0. The van der Waals surface area contributed by atoms with Gasteiger partial charge in [-0.2, -0.15) is 0 Å². The summed E-state index contributed by atoms with van der Waals surface area (Å²) in [6.45, 7) is 1.44. The molecule has 0 unspecified atom stereocenters. The summed E-state index contributed by atoms with van der Waals surface area (Å²) in [6.07, 6.45) is 1.20. The average molecular weight is 347 g/mol. The standard InChI is InChI=1S/C18H19ClN2O3/c19-14-3-1-13(2-4-14)7-9-21-18(22)8-10-20-15-5-6-16-17(11-15)24-12-23-16/h1-6,11,20H,7-10,12H2,(H,21,22). The molecule has 0 aliphatic carbocycles. The van der Waals surface area contributed by atoms with Gasteiger partial charge in [-0.25, -0.2) is 0 Å². The number of benzene rings is 2. The molecule has 1 amide bonds. The molecule has 0 aromatic heterocycles. The second kappa shape index (κ2) is 7.93. The lowest BCUT2D eigenvalue weighted by Gasteiger charge is -2.08. The van der Waals surface area contributed by atoms with Gasteiger partial charge in [-0.05, 0) is 36.2 Å². The van der Waals surface area contributed by atoms with Crippen molar-refractivity contribution >= 4 is 23.2 Å². The van der Waals surface area contributed by atoms with Crippen LogP contribution in [0, 0.1) is 0 Å². The van der Waals surface area contributed by atoms with Gasteiger partial charge in [-0.1, -0.05) is 23.7 Å². The third-order valence-corrected chi connectivity index (χ3v) is 3.95. The second-order valence-corrected chi connectivity index (χ2v) is 5.91. The zero-order chi connectivity index (χ0) is 16.8. The number of hydrogen-bond acceptors (Lipinski definition) is 4. The van der Waals surface area contributed by atoms with E-state index in [0.29, 0.717) is 19.5 Å². The number of ether oxygens (including phenoxy) is 2. The summed E-state index contributed by atoms with van der Waals surface area (Å²) in [5.74, 6) is 1.50. The molecule has 2 aromatic rings. The Morgan fingerprint density at radius 3 is 2.67 bits per heavy atom. The van der Waals surface area contributed by atoms with Crippen LogP contribution in [0.15, 0.2) is 42.5 Å². The lowest BCUT2D eigenvalue weighted by atomic mass is 10.1. The maximum atomic E-state index is 11.8. The fraction of sp³-hybridized carbons (Fsp3) is 0.278. The van der Waals surface area contributed by atoms with Crippen molar-refractivity contribution in [3.8, 4) is 11.5 Å². The molecule has 0 saturated carbocycles. The van der Waals surface area contributed by atoms with Gasteiger partial charge in [0.1, 0.15) is 0 Å². The van der Waals surface area contributed by atoms with Gasteiger partial charge in [0.05, 0.1) is 0 Å². The molecular formula is C18H19ClN2O3. The molecule has 2 aromatic carbocycles. The number of halogens is 1. The Morgan fingerprint density at radius 1 is 1.04 bits per heavy atom. The molecule has 6 heteroatoms. The lowest BCUT2D eigenvalue weighted by molar-refractivity contribution is -0.120. The number of carbonyl (C=O) groups is 1. The van der Waals surface area contributed by atoms with E-state index in [1.807, 2.05) is 42.5 Å². The van der Waals surface area contributed by atoms with E-state index in [0.717, 1.165) is 34.2 Å². The Morgan fingerprint density at radius 2 is 1.83 bits per heavy atom. The molecule has 1 heterocycles. The fourth-order valence-electron chi connectivity index (χ4n) is 2.41. The van der Waals surface area contributed by atoms with E-state index in [2.05, 4.69) is 10.6 Å². The molecule has 0 atom stereocenters. The smallest absolute Gasteiger partial charge is 0.231 e. The van der Waals surface area contributed by atoms with E-state index in [1.165, 1.54) is 0 Å². The van der Waals surface area contributed by atoms with Crippen LogP contribution in [0.25, 0.3) is 0 Å². The van der Waals surface area contributed by atoms with Crippen molar-refractivity contribution in [2.24, 2.45) is 0 Å². The monoisotopic (exact) mass is 346 g/mol. The Hall–Kier alpha value is -2.40. The predicted octanol–water partition coefficient (Wildman–Crippen LogP) is 3.23. The summed E-state index contributed by atoms with van der Waals surface area (Å²) >= 11 is 5.84. The maximum Gasteiger partial charge on any atom is 0.231 e. The van der Waals surface area contributed by atoms with Gasteiger partial charge >= 0.3 is 0 Å². The summed E-state index contributed by atoms with van der Waals surface area (Å²) in [5, 5.41) is 6.85. The van der Waals surface area contributed by atoms with Crippen molar-refractivity contribution < 1.29 is 14.3 Å². The van der Waals surface area contributed by atoms with Crippen LogP contribution < -0.4 is 20.1 Å². The first-order valence-electron chi connectivity index (χ1n) is 7.85. The summed E-state index contributed by atoms with van der Waals surface area (Å²) < 4.78 is 10.6. The third kappa shape index (κ3) is 4.55. The molecule has 5 nitrogen and oxygen atoms in total. The number of carbonyl (C=O) groups excluding carboxylic acids is 1. The van der Waals surface area contributed by atoms with Gasteiger partial charge < -0.3 is 20.1 Å². The highest BCUT2D eigenvalue weighted by Crippen LogP contribution is 2.34. The topological polar surface area (TPSA) is 59.6 Å². The van der Waals surface area contributed by atoms with Crippen LogP contribution in [-0.2, 0) is 11.2 Å². The first-order valence-corrected chi connectivity index (χ1v) is 8.23. The van der Waals surface area contributed by atoms with Crippen LogP contribution in [-0.4, -0.2) is 25.8 Å². The molecular weight excluding hydrogens is 328 g/mol. The van der Waals surface area contributed by atoms with Gasteiger partial charge in [0, 0.05) is 36.3 Å². The lowest BCUT2D eigenvalue weighted by Crippen LogP contribution is -2.27. The average Bonchev–Trinajstić information content (AvgIpc) is 3.04. The minimum Gasteiger partial charge on any atom is -0.454 e. The molecule has 1 aliphatic heterocycles. The van der Waals surface area contributed by atoms with Crippen LogP contribution in [0.4, 0.5) is 5.69 Å². The molecule has 0 spiro atoms. The largest absolute Gasteiger partial charge is 0.454 e. The first-order chi connectivity index (χ1) is 11.7. The fourth-order valence-corrected chi connectivity index (χ4v) is 2.54. The number of fused-ring (bicyclic) bond motifs is 1. The Labute approximate surface area is 145 Å². The first kappa shape index (κ1) is 16.5. The molecule has 24 heavy (non-hydrogen) atoms. The Kier molecular flexibility index (Phi) is 5.43. The highest BCUT2D eigenvalue weighted by molar-refractivity contribution is 6.30. The molecule has 0 bridgehead atoms. The number of hydrogen-bond donors (Lipinski definition) is 2. The van der Waals surface area contributed by atoms with Crippen molar-refractivity contribution in [3.63, 3.8) is 0 Å². The van der Waals surface area contributed by atoms with E-state index in [1.54, 1.807) is 0 Å². The van der Waals surface area contributed by atoms with E-state index in [4.69, 9.17) is 21.1 Å². The van der Waals surface area contributed by atoms with Crippen LogP contribution in [0.1, 0.15) is 12.0 Å². The second-order valence-electron chi connectivity index (χ2n) is 5.47. The minimum atomic E-state index is 0.0252. The molecule has 0 radical (unpaired) electrons. The predicted molar refractivity (Wildman–Crippen MR) is 93.8 cm³/mol. The van der Waals surface area contributed by atoms with Crippen molar-refractivity contribution in [3.05, 3.63) is 53.1 Å². The summed E-state index contributed by atoms with van der Waals surface area (Å²) in [5.41, 5.74) is 2.06. The van der Waals surface area contributed by atoms with Crippen LogP contribution >= 0.6 is 11.6 Å². The summed E-state index contributed by atoms with van der Waals surface area (Å²) in [4.78, 5) is 11.8. The number of amides is 1. The van der Waals surface area contributed by atoms with Gasteiger partial charge in [-0.15, -0.1) is 0 Å². The minimum absolute atomic E-state index is 0.0252. The number of nitrogens with one attached hydrogen (secondary N) is 2. The van der Waals surface area contributed by atoms with Gasteiger partial charge in [0.2, 0.25) is 12.7 Å². The quantitative estimate of drug-likeness (QED) is 0.808. The van der Waals surface area contributed by atoms with E-state index in [-0.39, 0.29) is 12.7 Å². The molecule has 0 saturated heterocycles. The highest BCUT2D eigenvalue weighted by Gasteiger charge is 2.13. The van der Waals surface area contributed by atoms with Gasteiger partial charge in [0.25, 0.3) is 0 Å². The van der Waals surface area contributed by atoms with Crippen LogP contribution in [0.2, 0.25) is 5.02 Å². The molecule has 1 aliphatic rings. The van der Waals surface area contributed by atoms with E-state index < -0.39 is 0 Å². The van der Waals surface area contributed by atoms with Crippen molar-refractivity contribution in [2.45, 2.75) is 12.8 Å². The summed E-state index contributed by atoms with van der Waals surface area (Å²) in [7, 11) is 0. The Bertz CT molecular complexity index is 704. The third-order valence-electron chi connectivity index (χ3n) is 3.70. The van der Waals surface area contributed by atoms with Gasteiger partial charge in [-0.3, -0.25) is 4.79 Å². The molecule has 3 rings (SSSR count). The van der Waals surface area contributed by atoms with Crippen LogP contribution in [0.5, 0.6) is 11.5 Å². The zero-order valence-corrected chi connectivity index (χ0v) is 13.9. The molecule has 126 valence electrons. The number of anilines is 1. The van der Waals surface area contributed by atoms with E-state index >= 15 is 0 Å². The van der Waals surface area contributed by atoms with Gasteiger partial charge in [0.15, 0.2) is 11.5 Å². The molecule has 2 N–H and O–H groups in total. The van der Waals surface area contributed by atoms with E-state index in [9.17, 15) is 4.79 Å². The van der Waals surface area contributed by atoms with Crippen molar-refractivity contribution in [1.29, 1.82) is 0 Å². The maximum absolute atomic E-state index is 11.8. The van der Waals surface area contributed by atoms with Crippen molar-refractivity contribution in [1.82, 2.24) is 5.32 Å². The van der Waals surface area contributed by atoms with Crippen LogP contribution in [0.3, 0.4) is 0 Å². The van der Waals surface area contributed by atoms with Crippen molar-refractivity contribution in [2.75, 3.05) is 25.2 Å². The molecule has 0 fully saturated rings. The zero-order valence-electron chi connectivity index (χ0n) is 13.2.